The van der Waals surface area contributed by atoms with Gasteiger partial charge in [-0.25, -0.2) is 0 Å². The van der Waals surface area contributed by atoms with Gasteiger partial charge in [0.2, 0.25) is 18.6 Å². The number of nitrogens with one attached hydrogen (secondary N) is 2. The number of amides is 2. The molecule has 0 saturated carbocycles. The third-order valence-corrected chi connectivity index (χ3v) is 6.19. The number of benzene rings is 1. The Balaban J connectivity index is 1.46. The average molecular weight is 447 g/mol. The molecule has 1 aliphatic carbocycles. The normalized spacial score (nSPS) is 25.2. The highest BCUT2D eigenvalue weighted by atomic mass is 16.7. The van der Waals surface area contributed by atoms with Gasteiger partial charge in [0.05, 0.1) is 12.6 Å². The van der Waals surface area contributed by atoms with Gasteiger partial charge in [-0.05, 0) is 49.3 Å². The second-order valence-electron chi connectivity index (χ2n) is 9.08. The Morgan fingerprint density at radius 2 is 1.94 bits per heavy atom. The number of carbonyl (C=O) groups excluding carboxylic acids is 3. The fraction of sp³-hybridized carbons (Fsp3) is 0.609. The number of hydrogen-bond acceptors (Lipinski definition) is 7. The maximum Gasteiger partial charge on any atom is 0.242 e. The molecule has 1 aromatic carbocycles. The van der Waals surface area contributed by atoms with Crippen LogP contribution in [-0.4, -0.2) is 54.5 Å². The monoisotopic (exact) mass is 446 g/mol. The van der Waals surface area contributed by atoms with E-state index in [4.69, 9.17) is 14.2 Å². The molecule has 1 aromatic rings. The van der Waals surface area contributed by atoms with Crippen molar-refractivity contribution >= 4 is 17.6 Å². The Hall–Kier alpha value is -2.65. The van der Waals surface area contributed by atoms with Gasteiger partial charge in [0, 0.05) is 17.9 Å². The highest BCUT2D eigenvalue weighted by molar-refractivity contribution is 5.99. The predicted octanol–water partition coefficient (Wildman–Crippen LogP) is 1.30. The number of hydrogen-bond donors (Lipinski definition) is 3. The zero-order valence-electron chi connectivity index (χ0n) is 18.4. The van der Waals surface area contributed by atoms with E-state index >= 15 is 0 Å². The molecule has 0 spiro atoms. The second-order valence-corrected chi connectivity index (χ2v) is 9.08. The minimum absolute atomic E-state index is 0.0275. The SMILES string of the molecule is CC(C)C[C@H](NC(=O)C1CCC(=O)c2cc3c(cc2C1)OCO3)C(=O)N[C@H]1CCOC1O. The third-order valence-electron chi connectivity index (χ3n) is 6.19. The summed E-state index contributed by atoms with van der Waals surface area (Å²) < 4.78 is 15.9. The lowest BCUT2D eigenvalue weighted by molar-refractivity contribution is -0.133. The first-order valence-corrected chi connectivity index (χ1v) is 11.2. The van der Waals surface area contributed by atoms with Crippen LogP contribution in [-0.2, 0) is 20.7 Å². The summed E-state index contributed by atoms with van der Waals surface area (Å²) in [5.41, 5.74) is 1.32. The van der Waals surface area contributed by atoms with Crippen LogP contribution in [0.4, 0.5) is 0 Å². The predicted molar refractivity (Wildman–Crippen MR) is 113 cm³/mol. The van der Waals surface area contributed by atoms with Crippen molar-refractivity contribution < 1.29 is 33.7 Å². The quantitative estimate of drug-likeness (QED) is 0.563. The number of fused-ring (bicyclic) bond motifs is 2. The van der Waals surface area contributed by atoms with E-state index in [1.165, 1.54) is 0 Å². The van der Waals surface area contributed by atoms with Crippen molar-refractivity contribution in [2.75, 3.05) is 13.4 Å². The van der Waals surface area contributed by atoms with Crippen molar-refractivity contribution in [3.05, 3.63) is 23.3 Å². The van der Waals surface area contributed by atoms with Crippen LogP contribution in [0.2, 0.25) is 0 Å². The van der Waals surface area contributed by atoms with Crippen molar-refractivity contribution in [3.8, 4) is 11.5 Å². The molecule has 1 fully saturated rings. The maximum absolute atomic E-state index is 13.2. The fourth-order valence-corrected chi connectivity index (χ4v) is 4.44. The molecule has 0 bridgehead atoms. The summed E-state index contributed by atoms with van der Waals surface area (Å²) in [5, 5.41) is 15.5. The first kappa shape index (κ1) is 22.5. The van der Waals surface area contributed by atoms with E-state index in [1.54, 1.807) is 12.1 Å². The van der Waals surface area contributed by atoms with Crippen LogP contribution in [0, 0.1) is 11.8 Å². The third kappa shape index (κ3) is 4.88. The van der Waals surface area contributed by atoms with Gasteiger partial charge < -0.3 is 30.0 Å². The molecule has 2 amide bonds. The van der Waals surface area contributed by atoms with E-state index < -0.39 is 24.3 Å². The number of carbonyl (C=O) groups is 3. The van der Waals surface area contributed by atoms with Gasteiger partial charge in [-0.3, -0.25) is 14.4 Å². The standard InChI is InChI=1S/C23H30N2O7/c1-12(2)7-17(22(28)24-16-5-6-30-23(16)29)25-21(27)13-3-4-18(26)15-10-20-19(31-11-32-20)9-14(15)8-13/h9-10,12-13,16-17,23,29H,3-8,11H2,1-2H3,(H,24,28)(H,25,27)/t13?,16-,17-,23?/m0/s1. The molecule has 32 heavy (non-hydrogen) atoms. The van der Waals surface area contributed by atoms with E-state index in [0.717, 1.165) is 5.56 Å². The molecule has 3 aliphatic rings. The van der Waals surface area contributed by atoms with Crippen LogP contribution in [0.15, 0.2) is 12.1 Å². The molecular formula is C23H30N2O7. The Labute approximate surface area is 186 Å². The highest BCUT2D eigenvalue weighted by Gasteiger charge is 2.34. The van der Waals surface area contributed by atoms with Gasteiger partial charge in [0.15, 0.2) is 23.6 Å². The molecule has 2 aliphatic heterocycles. The van der Waals surface area contributed by atoms with Gasteiger partial charge >= 0.3 is 0 Å². The Kier molecular flexibility index (Phi) is 6.66. The number of ketones is 1. The largest absolute Gasteiger partial charge is 0.454 e. The van der Waals surface area contributed by atoms with Crippen LogP contribution in [0.25, 0.3) is 0 Å². The number of rotatable bonds is 6. The maximum atomic E-state index is 13.2. The van der Waals surface area contributed by atoms with Crippen LogP contribution in [0.5, 0.6) is 11.5 Å². The highest BCUT2D eigenvalue weighted by Crippen LogP contribution is 2.38. The van der Waals surface area contributed by atoms with Crippen molar-refractivity contribution in [3.63, 3.8) is 0 Å². The number of ether oxygens (including phenoxy) is 3. The average Bonchev–Trinajstić information content (AvgIpc) is 3.33. The Morgan fingerprint density at radius 3 is 2.62 bits per heavy atom. The van der Waals surface area contributed by atoms with Crippen molar-refractivity contribution in [2.24, 2.45) is 11.8 Å². The zero-order valence-corrected chi connectivity index (χ0v) is 18.4. The van der Waals surface area contributed by atoms with Gasteiger partial charge in [-0.2, -0.15) is 0 Å². The van der Waals surface area contributed by atoms with E-state index in [2.05, 4.69) is 10.6 Å². The molecule has 0 radical (unpaired) electrons. The summed E-state index contributed by atoms with van der Waals surface area (Å²) in [7, 11) is 0. The topological polar surface area (TPSA) is 123 Å². The Morgan fingerprint density at radius 1 is 1.19 bits per heavy atom. The summed E-state index contributed by atoms with van der Waals surface area (Å²) in [5.74, 6) is 0.233. The van der Waals surface area contributed by atoms with E-state index in [0.29, 0.717) is 49.4 Å². The number of aliphatic hydroxyl groups excluding tert-OH is 1. The zero-order chi connectivity index (χ0) is 22.8. The summed E-state index contributed by atoms with van der Waals surface area (Å²) in [6.45, 7) is 4.44. The molecule has 3 N–H and O–H groups in total. The molecule has 4 atom stereocenters. The minimum atomic E-state index is -1.04. The molecule has 2 unspecified atom stereocenters. The van der Waals surface area contributed by atoms with Crippen molar-refractivity contribution in [1.29, 1.82) is 0 Å². The second kappa shape index (κ2) is 9.46. The molecule has 0 aromatic heterocycles. The van der Waals surface area contributed by atoms with E-state index in [9.17, 15) is 19.5 Å². The van der Waals surface area contributed by atoms with Gasteiger partial charge in [-0.1, -0.05) is 13.8 Å². The number of Topliss-reactive ketones (excluding diaryl/α,β-unsaturated/α-hetero) is 1. The molecule has 4 rings (SSSR count). The summed E-state index contributed by atoms with van der Waals surface area (Å²) in [6.07, 6.45) is 0.976. The summed E-state index contributed by atoms with van der Waals surface area (Å²) in [4.78, 5) is 38.7. The molecule has 1 saturated heterocycles. The molecular weight excluding hydrogens is 416 g/mol. The Bertz CT molecular complexity index is 901. The first-order valence-electron chi connectivity index (χ1n) is 11.2. The molecule has 174 valence electrons. The van der Waals surface area contributed by atoms with Crippen LogP contribution in [0.1, 0.15) is 55.5 Å². The van der Waals surface area contributed by atoms with Crippen LogP contribution in [0.3, 0.4) is 0 Å². The van der Waals surface area contributed by atoms with Crippen LogP contribution < -0.4 is 20.1 Å². The lowest BCUT2D eigenvalue weighted by atomic mass is 9.94. The summed E-state index contributed by atoms with van der Waals surface area (Å²) >= 11 is 0. The molecule has 2 heterocycles. The lowest BCUT2D eigenvalue weighted by Crippen LogP contribution is -2.53. The van der Waals surface area contributed by atoms with Crippen LogP contribution >= 0.6 is 0 Å². The lowest BCUT2D eigenvalue weighted by Gasteiger charge is -2.25. The van der Waals surface area contributed by atoms with E-state index in [1.807, 2.05) is 13.8 Å². The van der Waals surface area contributed by atoms with Crippen molar-refractivity contribution in [1.82, 2.24) is 10.6 Å². The van der Waals surface area contributed by atoms with E-state index in [-0.39, 0.29) is 36.7 Å². The molecule has 9 nitrogen and oxygen atoms in total. The number of aliphatic hydroxyl groups is 1. The minimum Gasteiger partial charge on any atom is -0.454 e. The van der Waals surface area contributed by atoms with Crippen molar-refractivity contribution in [2.45, 2.75) is 64.3 Å². The van der Waals surface area contributed by atoms with Gasteiger partial charge in [0.1, 0.15) is 6.04 Å². The first-order chi connectivity index (χ1) is 15.3. The molecule has 9 heteroatoms. The smallest absolute Gasteiger partial charge is 0.242 e. The van der Waals surface area contributed by atoms with Gasteiger partial charge in [-0.15, -0.1) is 0 Å². The fourth-order valence-electron chi connectivity index (χ4n) is 4.44. The van der Waals surface area contributed by atoms with Gasteiger partial charge in [0.25, 0.3) is 0 Å². The summed E-state index contributed by atoms with van der Waals surface area (Å²) in [6, 6.07) is 2.26.